The van der Waals surface area contributed by atoms with Gasteiger partial charge in [-0.3, -0.25) is 9.59 Å². The number of methoxy groups -OCH3 is 2. The zero-order valence-corrected chi connectivity index (χ0v) is 15.6. The molecule has 2 heterocycles. The molecule has 0 unspecified atom stereocenters. The van der Waals surface area contributed by atoms with E-state index in [1.807, 2.05) is 28.0 Å². The Morgan fingerprint density at radius 2 is 1.88 bits per heavy atom. The zero-order valence-electron chi connectivity index (χ0n) is 15.6. The first-order valence-electron chi connectivity index (χ1n) is 9.23. The van der Waals surface area contributed by atoms with Crippen molar-refractivity contribution >= 4 is 11.8 Å². The molecule has 0 aliphatic carbocycles. The van der Waals surface area contributed by atoms with Crippen LogP contribution >= 0.6 is 0 Å². The van der Waals surface area contributed by atoms with Crippen molar-refractivity contribution in [2.24, 2.45) is 0 Å². The van der Waals surface area contributed by atoms with Gasteiger partial charge in [-0.05, 0) is 18.4 Å². The Morgan fingerprint density at radius 1 is 1.15 bits per heavy atom. The van der Waals surface area contributed by atoms with E-state index in [9.17, 15) is 9.59 Å². The minimum absolute atomic E-state index is 0.0338. The largest absolute Gasteiger partial charge is 0.383 e. The maximum Gasteiger partial charge on any atom is 0.248 e. The number of carbonyl (C=O) groups excluding carboxylic acids is 2. The molecule has 2 aliphatic rings. The van der Waals surface area contributed by atoms with Crippen molar-refractivity contribution in [2.75, 3.05) is 47.1 Å². The van der Waals surface area contributed by atoms with Crippen molar-refractivity contribution < 1.29 is 19.1 Å². The molecular formula is C20H28N2O4. The SMILES string of the molecule is COCCN1CC[C@]2(c3ccccc3)CCN(C(=O)COC)[C@H]2CC1=O. The molecule has 26 heavy (non-hydrogen) atoms. The van der Waals surface area contributed by atoms with E-state index in [4.69, 9.17) is 9.47 Å². The summed E-state index contributed by atoms with van der Waals surface area (Å²) in [5, 5.41) is 0. The molecule has 0 saturated carbocycles. The highest BCUT2D eigenvalue weighted by molar-refractivity contribution is 5.82. The Hall–Kier alpha value is -1.92. The van der Waals surface area contributed by atoms with Gasteiger partial charge in [0.1, 0.15) is 6.61 Å². The van der Waals surface area contributed by atoms with Crippen LogP contribution in [0, 0.1) is 0 Å². The van der Waals surface area contributed by atoms with Gasteiger partial charge in [-0.2, -0.15) is 0 Å². The Labute approximate surface area is 155 Å². The number of ether oxygens (including phenoxy) is 2. The van der Waals surface area contributed by atoms with Gasteiger partial charge >= 0.3 is 0 Å². The Balaban J connectivity index is 1.93. The van der Waals surface area contributed by atoms with E-state index in [0.717, 1.165) is 12.8 Å². The highest BCUT2D eigenvalue weighted by Gasteiger charge is 2.52. The van der Waals surface area contributed by atoms with E-state index < -0.39 is 0 Å². The predicted octanol–water partition coefficient (Wildman–Crippen LogP) is 1.44. The van der Waals surface area contributed by atoms with E-state index >= 15 is 0 Å². The van der Waals surface area contributed by atoms with Crippen LogP contribution in [0.3, 0.4) is 0 Å². The maximum absolute atomic E-state index is 12.9. The van der Waals surface area contributed by atoms with Crippen LogP contribution in [0.1, 0.15) is 24.8 Å². The standard InChI is InChI=1S/C20H28N2O4/c1-25-13-12-21-10-8-20(16-6-4-3-5-7-16)9-11-22(19(24)15-26-2)17(20)14-18(21)23/h3-7,17H,8-15H2,1-2H3/t17-,20+/m0/s1. The molecule has 2 amide bonds. The van der Waals surface area contributed by atoms with Crippen LogP contribution in [0.4, 0.5) is 0 Å². The highest BCUT2D eigenvalue weighted by atomic mass is 16.5. The van der Waals surface area contributed by atoms with Gasteiger partial charge in [0.2, 0.25) is 11.8 Å². The van der Waals surface area contributed by atoms with Crippen LogP contribution in [0.5, 0.6) is 0 Å². The lowest BCUT2D eigenvalue weighted by Gasteiger charge is -2.36. The highest BCUT2D eigenvalue weighted by Crippen LogP contribution is 2.46. The molecule has 2 aliphatic heterocycles. The van der Waals surface area contributed by atoms with Crippen LogP contribution in [0.2, 0.25) is 0 Å². The van der Waals surface area contributed by atoms with Gasteiger partial charge in [0.15, 0.2) is 0 Å². The van der Waals surface area contributed by atoms with Crippen molar-refractivity contribution in [3.8, 4) is 0 Å². The Kier molecular flexibility index (Phi) is 5.94. The second-order valence-electron chi connectivity index (χ2n) is 7.14. The van der Waals surface area contributed by atoms with Gasteiger partial charge in [-0.15, -0.1) is 0 Å². The van der Waals surface area contributed by atoms with E-state index in [2.05, 4.69) is 12.1 Å². The van der Waals surface area contributed by atoms with Crippen molar-refractivity contribution in [1.82, 2.24) is 9.80 Å². The fourth-order valence-corrected chi connectivity index (χ4v) is 4.49. The monoisotopic (exact) mass is 360 g/mol. The molecule has 1 aromatic rings. The molecular weight excluding hydrogens is 332 g/mol. The third-order valence-electron chi connectivity index (χ3n) is 5.86. The molecule has 6 nitrogen and oxygen atoms in total. The van der Waals surface area contributed by atoms with Crippen LogP contribution in [-0.2, 0) is 24.5 Å². The summed E-state index contributed by atoms with van der Waals surface area (Å²) in [5.41, 5.74) is 1.04. The van der Waals surface area contributed by atoms with E-state index in [1.54, 1.807) is 7.11 Å². The maximum atomic E-state index is 12.9. The number of hydrogen-bond acceptors (Lipinski definition) is 4. The number of benzene rings is 1. The van der Waals surface area contributed by atoms with Gasteiger partial charge in [0.05, 0.1) is 12.6 Å². The van der Waals surface area contributed by atoms with Crippen molar-refractivity contribution in [3.05, 3.63) is 35.9 Å². The zero-order chi connectivity index (χ0) is 18.6. The van der Waals surface area contributed by atoms with Gasteiger partial charge in [0, 0.05) is 45.7 Å². The quantitative estimate of drug-likeness (QED) is 0.770. The molecule has 6 heteroatoms. The summed E-state index contributed by atoms with van der Waals surface area (Å²) in [7, 11) is 3.18. The van der Waals surface area contributed by atoms with Crippen molar-refractivity contribution in [2.45, 2.75) is 30.7 Å². The lowest BCUT2D eigenvalue weighted by molar-refractivity contribution is -0.138. The van der Waals surface area contributed by atoms with Crippen LogP contribution in [-0.4, -0.2) is 74.7 Å². The first kappa shape index (κ1) is 18.9. The Bertz CT molecular complexity index is 636. The second-order valence-corrected chi connectivity index (χ2v) is 7.14. The molecule has 0 spiro atoms. The van der Waals surface area contributed by atoms with Gasteiger partial charge in [-0.1, -0.05) is 30.3 Å². The lowest BCUT2D eigenvalue weighted by Crippen LogP contribution is -2.46. The molecule has 0 bridgehead atoms. The number of carbonyl (C=O) groups is 2. The lowest BCUT2D eigenvalue weighted by atomic mass is 9.71. The normalized spacial score (nSPS) is 25.9. The minimum atomic E-state index is -0.178. The molecule has 0 radical (unpaired) electrons. The fourth-order valence-electron chi connectivity index (χ4n) is 4.49. The van der Waals surface area contributed by atoms with Gasteiger partial charge < -0.3 is 19.3 Å². The first-order valence-corrected chi connectivity index (χ1v) is 9.23. The summed E-state index contributed by atoms with van der Waals surface area (Å²) in [4.78, 5) is 29.2. The van der Waals surface area contributed by atoms with Crippen LogP contribution < -0.4 is 0 Å². The van der Waals surface area contributed by atoms with Gasteiger partial charge in [0.25, 0.3) is 0 Å². The average molecular weight is 360 g/mol. The number of amides is 2. The number of rotatable bonds is 6. The number of likely N-dealkylation sites (tertiary alicyclic amines) is 2. The first-order chi connectivity index (χ1) is 12.6. The number of fused-ring (bicyclic) bond motifs is 1. The second kappa shape index (κ2) is 8.18. The number of hydrogen-bond donors (Lipinski definition) is 0. The van der Waals surface area contributed by atoms with E-state index in [0.29, 0.717) is 32.7 Å². The topological polar surface area (TPSA) is 59.1 Å². The van der Waals surface area contributed by atoms with Crippen molar-refractivity contribution in [1.29, 1.82) is 0 Å². The predicted molar refractivity (Wildman–Crippen MR) is 97.8 cm³/mol. The number of nitrogens with zero attached hydrogens (tertiary/aromatic N) is 2. The molecule has 0 aromatic heterocycles. The molecule has 2 atom stereocenters. The smallest absolute Gasteiger partial charge is 0.248 e. The van der Waals surface area contributed by atoms with E-state index in [1.165, 1.54) is 12.7 Å². The summed E-state index contributed by atoms with van der Waals surface area (Å²) in [6, 6.07) is 10.2. The van der Waals surface area contributed by atoms with E-state index in [-0.39, 0.29) is 29.9 Å². The van der Waals surface area contributed by atoms with Crippen LogP contribution in [0.25, 0.3) is 0 Å². The third-order valence-corrected chi connectivity index (χ3v) is 5.86. The minimum Gasteiger partial charge on any atom is -0.383 e. The average Bonchev–Trinajstić information content (AvgIpc) is 2.95. The molecule has 2 fully saturated rings. The summed E-state index contributed by atoms with van der Waals surface area (Å²) in [6.07, 6.45) is 2.09. The third kappa shape index (κ3) is 3.48. The molecule has 3 rings (SSSR count). The van der Waals surface area contributed by atoms with Crippen molar-refractivity contribution in [3.63, 3.8) is 0 Å². The van der Waals surface area contributed by atoms with Crippen LogP contribution in [0.15, 0.2) is 30.3 Å². The van der Waals surface area contributed by atoms with Gasteiger partial charge in [-0.25, -0.2) is 0 Å². The molecule has 1 aromatic carbocycles. The molecule has 2 saturated heterocycles. The summed E-state index contributed by atoms with van der Waals surface area (Å²) in [6.45, 7) is 2.55. The molecule has 142 valence electrons. The Morgan fingerprint density at radius 3 is 2.58 bits per heavy atom. The summed E-state index contributed by atoms with van der Waals surface area (Å²) in [5.74, 6) is 0.0652. The fraction of sp³-hybridized carbons (Fsp3) is 0.600. The summed E-state index contributed by atoms with van der Waals surface area (Å²) < 4.78 is 10.2. The molecule has 0 N–H and O–H groups in total. The summed E-state index contributed by atoms with van der Waals surface area (Å²) >= 11 is 0.